The molecule has 0 saturated carbocycles. The second kappa shape index (κ2) is 7.19. The summed E-state index contributed by atoms with van der Waals surface area (Å²) in [5.74, 6) is -0.540. The van der Waals surface area contributed by atoms with Crippen LogP contribution in [0.4, 0.5) is 4.39 Å². The smallest absolute Gasteiger partial charge is 0.311 e. The zero-order valence-electron chi connectivity index (χ0n) is 14.3. The lowest BCUT2D eigenvalue weighted by Gasteiger charge is -2.09. The van der Waals surface area contributed by atoms with Gasteiger partial charge in [0.1, 0.15) is 5.82 Å². The first-order valence-corrected chi connectivity index (χ1v) is 8.48. The molecule has 0 radical (unpaired) electrons. The van der Waals surface area contributed by atoms with Crippen molar-refractivity contribution in [2.24, 2.45) is 5.92 Å². The van der Waals surface area contributed by atoms with Gasteiger partial charge in [-0.3, -0.25) is 4.79 Å². The first kappa shape index (κ1) is 18.0. The Morgan fingerprint density at radius 1 is 1.31 bits per heavy atom. The number of benzene rings is 2. The van der Waals surface area contributed by atoms with E-state index in [1.54, 1.807) is 24.3 Å². The minimum Gasteiger partial charge on any atom is -0.424 e. The average Bonchev–Trinajstić information content (AvgIpc) is 2.94. The zero-order valence-corrected chi connectivity index (χ0v) is 15.0. The Morgan fingerprint density at radius 2 is 2.08 bits per heavy atom. The van der Waals surface area contributed by atoms with Gasteiger partial charge >= 0.3 is 5.97 Å². The molecule has 0 aliphatic carbocycles. The lowest BCUT2D eigenvalue weighted by molar-refractivity contribution is -0.135. The molecule has 0 amide bonds. The Hall–Kier alpha value is -2.84. The lowest BCUT2D eigenvalue weighted by Crippen LogP contribution is -2.11. The van der Waals surface area contributed by atoms with Gasteiger partial charge in [-0.1, -0.05) is 31.5 Å². The number of fused-ring (bicyclic) bond motifs is 1. The minimum absolute atomic E-state index is 0.00924. The number of rotatable bonds is 4. The number of aromatic nitrogens is 1. The van der Waals surface area contributed by atoms with E-state index in [0.717, 1.165) is 0 Å². The van der Waals surface area contributed by atoms with Gasteiger partial charge in [0.25, 0.3) is 0 Å². The molecule has 1 N–H and O–H groups in total. The van der Waals surface area contributed by atoms with Gasteiger partial charge in [0, 0.05) is 22.9 Å². The summed E-state index contributed by atoms with van der Waals surface area (Å²) in [6.07, 6.45) is 0.249. The van der Waals surface area contributed by atoms with E-state index in [2.05, 4.69) is 11.1 Å². The summed E-state index contributed by atoms with van der Waals surface area (Å²) in [6.45, 7) is 3.83. The third-order valence-corrected chi connectivity index (χ3v) is 4.19. The fraction of sp³-hybridized carbons (Fsp3) is 0.200. The van der Waals surface area contributed by atoms with Gasteiger partial charge in [-0.2, -0.15) is 5.26 Å². The second-order valence-electron chi connectivity index (χ2n) is 6.40. The van der Waals surface area contributed by atoms with Crippen LogP contribution in [-0.2, 0) is 4.79 Å². The Bertz CT molecular complexity index is 1030. The zero-order chi connectivity index (χ0) is 18.8. The number of carbonyl (C=O) groups is 1. The molecule has 26 heavy (non-hydrogen) atoms. The van der Waals surface area contributed by atoms with Crippen LogP contribution in [0.5, 0.6) is 5.75 Å². The number of nitrogens with zero attached hydrogens (tertiary/aromatic N) is 1. The SMILES string of the molecule is CC(C)CC(=O)Oc1c(-c2ccc(Cl)c(F)c2)[nH]c2ccc(C#N)cc12. The van der Waals surface area contributed by atoms with E-state index < -0.39 is 5.82 Å². The first-order valence-electron chi connectivity index (χ1n) is 8.11. The van der Waals surface area contributed by atoms with Crippen molar-refractivity contribution in [1.82, 2.24) is 4.98 Å². The quantitative estimate of drug-likeness (QED) is 0.621. The third-order valence-electron chi connectivity index (χ3n) is 3.88. The molecule has 0 bridgehead atoms. The Kier molecular flexibility index (Phi) is 4.97. The van der Waals surface area contributed by atoms with Crippen molar-refractivity contribution in [3.63, 3.8) is 0 Å². The van der Waals surface area contributed by atoms with Gasteiger partial charge in [-0.25, -0.2) is 4.39 Å². The maximum Gasteiger partial charge on any atom is 0.311 e. The molecule has 6 heteroatoms. The molecule has 1 heterocycles. The van der Waals surface area contributed by atoms with Gasteiger partial charge in [-0.15, -0.1) is 0 Å². The van der Waals surface area contributed by atoms with Gasteiger partial charge in [-0.05, 0) is 36.2 Å². The van der Waals surface area contributed by atoms with Crippen LogP contribution in [0, 0.1) is 23.1 Å². The van der Waals surface area contributed by atoms with Crippen LogP contribution in [0.25, 0.3) is 22.2 Å². The molecule has 4 nitrogen and oxygen atoms in total. The van der Waals surface area contributed by atoms with Crippen molar-refractivity contribution in [1.29, 1.82) is 5.26 Å². The summed E-state index contributed by atoms with van der Waals surface area (Å²) in [6, 6.07) is 11.4. The molecule has 0 atom stereocenters. The van der Waals surface area contributed by atoms with Crippen LogP contribution in [0.2, 0.25) is 5.02 Å². The van der Waals surface area contributed by atoms with Crippen LogP contribution >= 0.6 is 11.6 Å². The summed E-state index contributed by atoms with van der Waals surface area (Å²) < 4.78 is 19.5. The van der Waals surface area contributed by atoms with Gasteiger partial charge in [0.2, 0.25) is 0 Å². The number of ether oxygens (including phenoxy) is 1. The molecule has 3 aromatic rings. The topological polar surface area (TPSA) is 65.9 Å². The minimum atomic E-state index is -0.569. The normalized spacial score (nSPS) is 10.9. The highest BCUT2D eigenvalue weighted by Crippen LogP contribution is 2.38. The van der Waals surface area contributed by atoms with E-state index in [1.807, 2.05) is 13.8 Å². The highest BCUT2D eigenvalue weighted by Gasteiger charge is 2.19. The molecule has 0 spiro atoms. The number of hydrogen-bond donors (Lipinski definition) is 1. The van der Waals surface area contributed by atoms with E-state index in [9.17, 15) is 9.18 Å². The molecule has 0 fully saturated rings. The maximum atomic E-state index is 13.9. The van der Waals surface area contributed by atoms with Gasteiger partial charge in [0.15, 0.2) is 5.75 Å². The molecule has 1 aromatic heterocycles. The fourth-order valence-corrected chi connectivity index (χ4v) is 2.80. The predicted octanol–water partition coefficient (Wildman–Crippen LogP) is 5.45. The van der Waals surface area contributed by atoms with Crippen LogP contribution in [0.1, 0.15) is 25.8 Å². The van der Waals surface area contributed by atoms with Crippen LogP contribution < -0.4 is 4.74 Å². The molecular weight excluding hydrogens is 355 g/mol. The third kappa shape index (κ3) is 3.56. The highest BCUT2D eigenvalue weighted by atomic mass is 35.5. The van der Waals surface area contributed by atoms with Crippen molar-refractivity contribution in [2.45, 2.75) is 20.3 Å². The van der Waals surface area contributed by atoms with Crippen LogP contribution in [-0.4, -0.2) is 11.0 Å². The number of nitrogens with one attached hydrogen (secondary N) is 1. The van der Waals surface area contributed by atoms with E-state index >= 15 is 0 Å². The number of carbonyl (C=O) groups excluding carboxylic acids is 1. The summed E-state index contributed by atoms with van der Waals surface area (Å²) in [7, 11) is 0. The van der Waals surface area contributed by atoms with Crippen LogP contribution in [0.15, 0.2) is 36.4 Å². The maximum absolute atomic E-state index is 13.9. The van der Waals surface area contributed by atoms with Crippen molar-refractivity contribution in [2.75, 3.05) is 0 Å². The predicted molar refractivity (Wildman–Crippen MR) is 98.5 cm³/mol. The second-order valence-corrected chi connectivity index (χ2v) is 6.81. The summed E-state index contributed by atoms with van der Waals surface area (Å²) in [4.78, 5) is 15.4. The average molecular weight is 371 g/mol. The van der Waals surface area contributed by atoms with Crippen molar-refractivity contribution in [3.8, 4) is 23.1 Å². The van der Waals surface area contributed by atoms with E-state index in [1.165, 1.54) is 12.1 Å². The van der Waals surface area contributed by atoms with Crippen molar-refractivity contribution >= 4 is 28.5 Å². The largest absolute Gasteiger partial charge is 0.424 e. The molecule has 0 unspecified atom stereocenters. The van der Waals surface area contributed by atoms with Gasteiger partial charge in [0.05, 0.1) is 22.3 Å². The van der Waals surface area contributed by atoms with Crippen LogP contribution in [0.3, 0.4) is 0 Å². The van der Waals surface area contributed by atoms with Gasteiger partial charge < -0.3 is 9.72 Å². The Balaban J connectivity index is 2.17. The number of esters is 1. The summed E-state index contributed by atoms with van der Waals surface area (Å²) >= 11 is 5.76. The standard InChI is InChI=1S/C20H16ClFN2O2/c1-11(2)7-18(25)26-20-14-8-12(10-23)3-6-17(14)24-19(20)13-4-5-15(21)16(22)9-13/h3-6,8-9,11,24H,7H2,1-2H3. The Morgan fingerprint density at radius 3 is 2.73 bits per heavy atom. The molecular formula is C20H16ClFN2O2. The molecule has 0 saturated heterocycles. The van der Waals surface area contributed by atoms with E-state index in [0.29, 0.717) is 27.7 Å². The molecule has 0 aliphatic rings. The van der Waals surface area contributed by atoms with Crippen molar-refractivity contribution in [3.05, 3.63) is 52.8 Å². The van der Waals surface area contributed by atoms with Crippen molar-refractivity contribution < 1.29 is 13.9 Å². The molecule has 2 aromatic carbocycles. The number of nitriles is 1. The first-order chi connectivity index (χ1) is 12.4. The van der Waals surface area contributed by atoms with E-state index in [-0.39, 0.29) is 29.1 Å². The lowest BCUT2D eigenvalue weighted by atomic mass is 10.1. The number of aromatic amines is 1. The molecule has 3 rings (SSSR count). The fourth-order valence-electron chi connectivity index (χ4n) is 2.69. The highest BCUT2D eigenvalue weighted by molar-refractivity contribution is 6.30. The number of H-pyrrole nitrogens is 1. The number of hydrogen-bond acceptors (Lipinski definition) is 3. The van der Waals surface area contributed by atoms with E-state index in [4.69, 9.17) is 21.6 Å². The monoisotopic (exact) mass is 370 g/mol. The molecule has 0 aliphatic heterocycles. The molecule has 132 valence electrons. The number of halogens is 2. The summed E-state index contributed by atoms with van der Waals surface area (Å²) in [5.41, 5.74) is 2.07. The Labute approximate surface area is 155 Å². The summed E-state index contributed by atoms with van der Waals surface area (Å²) in [5, 5.41) is 9.75.